The smallest absolute Gasteiger partial charge is 0.431 e. The molecule has 0 aliphatic rings. The van der Waals surface area contributed by atoms with E-state index in [0.717, 1.165) is 0 Å². The van der Waals surface area contributed by atoms with Gasteiger partial charge in [0.25, 0.3) is 6.43 Å². The number of aromatic nitrogens is 1. The number of carbonyl (C=O) groups is 1. The van der Waals surface area contributed by atoms with Gasteiger partial charge in [-0.2, -0.15) is 13.2 Å². The highest BCUT2D eigenvalue weighted by Gasteiger charge is 2.38. The van der Waals surface area contributed by atoms with E-state index in [9.17, 15) is 31.5 Å². The lowest BCUT2D eigenvalue weighted by atomic mass is 10.0. The van der Waals surface area contributed by atoms with E-state index in [2.05, 4.69) is 4.74 Å². The van der Waals surface area contributed by atoms with Gasteiger partial charge >= 0.3 is 12.1 Å². The lowest BCUT2D eigenvalue weighted by Gasteiger charge is -2.15. The summed E-state index contributed by atoms with van der Waals surface area (Å²) in [7, 11) is 0. The highest BCUT2D eigenvalue weighted by atomic mass is 19.4. The third-order valence-corrected chi connectivity index (χ3v) is 2.31. The zero-order chi connectivity index (χ0) is 15.5. The molecule has 112 valence electrons. The van der Waals surface area contributed by atoms with Crippen molar-refractivity contribution >= 4 is 5.97 Å². The van der Waals surface area contributed by atoms with Crippen molar-refractivity contribution in [2.24, 2.45) is 0 Å². The van der Waals surface area contributed by atoms with Gasteiger partial charge in [-0.15, -0.1) is 0 Å². The van der Waals surface area contributed by atoms with E-state index >= 15 is 0 Å². The molecule has 0 spiro atoms. The van der Waals surface area contributed by atoms with Crippen LogP contribution < -0.4 is 5.56 Å². The average Bonchev–Trinajstić information content (AvgIpc) is 2.26. The molecule has 0 saturated heterocycles. The number of hydrogen-bond acceptors (Lipinski definition) is 3. The maximum Gasteiger partial charge on any atom is 0.431 e. The number of aromatic amines is 1. The molecule has 0 unspecified atom stereocenters. The minimum absolute atomic E-state index is 0.0574. The summed E-state index contributed by atoms with van der Waals surface area (Å²) in [6, 6.07) is 0.535. The van der Waals surface area contributed by atoms with Crippen LogP contribution in [0.2, 0.25) is 0 Å². The summed E-state index contributed by atoms with van der Waals surface area (Å²) in [6.07, 6.45) is -9.48. The normalized spacial score (nSPS) is 11.8. The van der Waals surface area contributed by atoms with Crippen molar-refractivity contribution in [2.45, 2.75) is 25.9 Å². The van der Waals surface area contributed by atoms with Crippen LogP contribution in [0.5, 0.6) is 0 Å². The monoisotopic (exact) mass is 299 g/mol. The molecular formula is C11H10F5NO3. The molecule has 0 fully saturated rings. The largest absolute Gasteiger partial charge is 0.466 e. The fourth-order valence-corrected chi connectivity index (χ4v) is 1.61. The molecule has 0 aromatic carbocycles. The summed E-state index contributed by atoms with van der Waals surface area (Å²) in [5.41, 5.74) is -5.18. The Kier molecular flexibility index (Phi) is 4.85. The molecule has 20 heavy (non-hydrogen) atoms. The zero-order valence-electron chi connectivity index (χ0n) is 10.2. The Bertz CT molecular complexity index is 550. The van der Waals surface area contributed by atoms with Crippen LogP contribution in [-0.2, 0) is 22.1 Å². The van der Waals surface area contributed by atoms with Gasteiger partial charge in [0.05, 0.1) is 18.6 Å². The summed E-state index contributed by atoms with van der Waals surface area (Å²) in [5.74, 6) is -0.992. The summed E-state index contributed by atoms with van der Waals surface area (Å²) < 4.78 is 68.0. The summed E-state index contributed by atoms with van der Waals surface area (Å²) in [4.78, 5) is 23.6. The summed E-state index contributed by atoms with van der Waals surface area (Å²) in [5, 5.41) is 0. The van der Waals surface area contributed by atoms with E-state index in [1.807, 2.05) is 0 Å². The lowest BCUT2D eigenvalue weighted by molar-refractivity contribution is -0.145. The van der Waals surface area contributed by atoms with Crippen LogP contribution in [0.25, 0.3) is 0 Å². The maximum absolute atomic E-state index is 12.8. The lowest BCUT2D eigenvalue weighted by Crippen LogP contribution is -2.23. The number of hydrogen-bond donors (Lipinski definition) is 1. The molecule has 1 heterocycles. The zero-order valence-corrected chi connectivity index (χ0v) is 10.2. The molecule has 0 amide bonds. The number of esters is 1. The van der Waals surface area contributed by atoms with E-state index in [1.165, 1.54) is 11.9 Å². The molecule has 0 radical (unpaired) electrons. The van der Waals surface area contributed by atoms with Crippen LogP contribution in [0, 0.1) is 0 Å². The Hall–Kier alpha value is -1.93. The number of pyridine rings is 1. The number of rotatable bonds is 4. The van der Waals surface area contributed by atoms with E-state index in [4.69, 9.17) is 0 Å². The van der Waals surface area contributed by atoms with Gasteiger partial charge in [-0.25, -0.2) is 8.78 Å². The van der Waals surface area contributed by atoms with Crippen LogP contribution >= 0.6 is 0 Å². The molecule has 0 saturated carbocycles. The Morgan fingerprint density at radius 1 is 1.40 bits per heavy atom. The summed E-state index contributed by atoms with van der Waals surface area (Å²) in [6.45, 7) is 1.39. The minimum atomic E-state index is -5.16. The van der Waals surface area contributed by atoms with Gasteiger partial charge in [0.2, 0.25) is 5.56 Å². The van der Waals surface area contributed by atoms with Crippen LogP contribution in [0.15, 0.2) is 10.9 Å². The van der Waals surface area contributed by atoms with E-state index in [0.29, 0.717) is 6.07 Å². The Morgan fingerprint density at radius 3 is 2.45 bits per heavy atom. The predicted molar refractivity (Wildman–Crippen MR) is 57.4 cm³/mol. The Morgan fingerprint density at radius 2 is 2.00 bits per heavy atom. The van der Waals surface area contributed by atoms with Gasteiger partial charge < -0.3 is 9.72 Å². The number of carbonyl (C=O) groups excluding carboxylic acids is 1. The molecular weight excluding hydrogens is 289 g/mol. The van der Waals surface area contributed by atoms with E-state index in [1.54, 1.807) is 0 Å². The van der Waals surface area contributed by atoms with Gasteiger partial charge in [0.15, 0.2) is 0 Å². The second kappa shape index (κ2) is 6.02. The van der Waals surface area contributed by atoms with Crippen molar-refractivity contribution in [3.8, 4) is 0 Å². The van der Waals surface area contributed by atoms with Crippen LogP contribution in [0.1, 0.15) is 30.2 Å². The molecule has 1 rings (SSSR count). The third-order valence-electron chi connectivity index (χ3n) is 2.31. The average molecular weight is 299 g/mol. The van der Waals surface area contributed by atoms with E-state index < -0.39 is 47.4 Å². The second-order valence-corrected chi connectivity index (χ2v) is 3.73. The Labute approximate surface area is 109 Å². The fourth-order valence-electron chi connectivity index (χ4n) is 1.61. The maximum atomic E-state index is 12.8. The quantitative estimate of drug-likeness (QED) is 0.686. The van der Waals surface area contributed by atoms with Gasteiger partial charge in [-0.1, -0.05) is 0 Å². The summed E-state index contributed by atoms with van der Waals surface area (Å²) >= 11 is 0. The molecule has 9 heteroatoms. The first kappa shape index (κ1) is 16.1. The van der Waals surface area contributed by atoms with Gasteiger partial charge in [0, 0.05) is 6.07 Å². The van der Waals surface area contributed by atoms with Crippen LogP contribution in [0.4, 0.5) is 22.0 Å². The first-order valence-corrected chi connectivity index (χ1v) is 5.43. The first-order valence-electron chi connectivity index (χ1n) is 5.43. The third kappa shape index (κ3) is 3.78. The van der Waals surface area contributed by atoms with Crippen molar-refractivity contribution in [2.75, 3.05) is 6.61 Å². The first-order chi connectivity index (χ1) is 9.16. The number of alkyl halides is 5. The highest BCUT2D eigenvalue weighted by molar-refractivity contribution is 5.73. The van der Waals surface area contributed by atoms with E-state index in [-0.39, 0.29) is 6.61 Å². The topological polar surface area (TPSA) is 59.2 Å². The predicted octanol–water partition coefficient (Wildman–Crippen LogP) is 2.44. The molecule has 0 aliphatic carbocycles. The SMILES string of the molecule is CCOC(=O)Cc1cc(=O)[nH]c(C(F)(F)F)c1C(F)F. The molecule has 0 bridgehead atoms. The Balaban J connectivity index is 3.39. The van der Waals surface area contributed by atoms with Gasteiger partial charge in [-0.3, -0.25) is 9.59 Å². The standard InChI is InChI=1S/C11H10F5NO3/c1-2-20-7(19)4-5-3-6(18)17-9(11(14,15)16)8(5)10(12)13/h3,10H,2,4H2,1H3,(H,17,18). The number of ether oxygens (including phenoxy) is 1. The van der Waals surface area contributed by atoms with Crippen molar-refractivity contribution < 1.29 is 31.5 Å². The van der Waals surface area contributed by atoms with Gasteiger partial charge in [0.1, 0.15) is 5.69 Å². The molecule has 0 aliphatic heterocycles. The van der Waals surface area contributed by atoms with Crippen molar-refractivity contribution in [3.05, 3.63) is 33.2 Å². The number of halogens is 5. The molecule has 4 nitrogen and oxygen atoms in total. The number of nitrogens with one attached hydrogen (secondary N) is 1. The molecule has 1 N–H and O–H groups in total. The van der Waals surface area contributed by atoms with Crippen LogP contribution in [-0.4, -0.2) is 17.6 Å². The minimum Gasteiger partial charge on any atom is -0.466 e. The highest BCUT2D eigenvalue weighted by Crippen LogP contribution is 2.36. The van der Waals surface area contributed by atoms with Crippen molar-refractivity contribution in [1.29, 1.82) is 0 Å². The molecule has 1 aromatic rings. The van der Waals surface area contributed by atoms with Crippen molar-refractivity contribution in [1.82, 2.24) is 4.98 Å². The molecule has 1 aromatic heterocycles. The van der Waals surface area contributed by atoms with Crippen LogP contribution in [0.3, 0.4) is 0 Å². The molecule has 0 atom stereocenters. The fraction of sp³-hybridized carbons (Fsp3) is 0.455. The second-order valence-electron chi connectivity index (χ2n) is 3.73. The van der Waals surface area contributed by atoms with Crippen molar-refractivity contribution in [3.63, 3.8) is 0 Å². The van der Waals surface area contributed by atoms with Gasteiger partial charge in [-0.05, 0) is 12.5 Å². The number of H-pyrrole nitrogens is 1.